The molecule has 4 heteroatoms. The monoisotopic (exact) mass is 249 g/mol. The summed E-state index contributed by atoms with van der Waals surface area (Å²) in [5.41, 5.74) is 7.19. The summed E-state index contributed by atoms with van der Waals surface area (Å²) in [5, 5.41) is 0. The molecule has 1 aliphatic heterocycles. The van der Waals surface area contributed by atoms with E-state index in [0.29, 0.717) is 6.54 Å². The highest BCUT2D eigenvalue weighted by Gasteiger charge is 2.32. The summed E-state index contributed by atoms with van der Waals surface area (Å²) >= 11 is 0. The Morgan fingerprint density at radius 1 is 1.50 bits per heavy atom. The first-order valence-electron chi connectivity index (χ1n) is 6.60. The lowest BCUT2D eigenvalue weighted by Crippen LogP contribution is -2.46. The first-order valence-corrected chi connectivity index (χ1v) is 6.60. The number of hydrogen-bond donors (Lipinski definition) is 1. The van der Waals surface area contributed by atoms with Crippen molar-refractivity contribution >= 4 is 0 Å². The van der Waals surface area contributed by atoms with Crippen molar-refractivity contribution in [2.45, 2.75) is 19.4 Å². The number of rotatable bonds is 5. The van der Waals surface area contributed by atoms with Crippen molar-refractivity contribution in [1.29, 1.82) is 0 Å². The molecule has 1 aliphatic rings. The second-order valence-corrected chi connectivity index (χ2v) is 5.35. The zero-order valence-electron chi connectivity index (χ0n) is 11.1. The van der Waals surface area contributed by atoms with Crippen LogP contribution in [0, 0.1) is 5.41 Å². The molecular formula is C14H23N3O. The Hall–Kier alpha value is -0.970. The number of aromatic nitrogens is 1. The molecule has 2 heterocycles. The van der Waals surface area contributed by atoms with Crippen LogP contribution in [0.4, 0.5) is 0 Å². The van der Waals surface area contributed by atoms with Gasteiger partial charge >= 0.3 is 0 Å². The third-order valence-corrected chi connectivity index (χ3v) is 3.60. The zero-order chi connectivity index (χ0) is 12.8. The van der Waals surface area contributed by atoms with E-state index in [0.717, 1.165) is 44.8 Å². The van der Waals surface area contributed by atoms with Gasteiger partial charge in [-0.3, -0.25) is 9.88 Å². The molecule has 1 aromatic heterocycles. The lowest BCUT2D eigenvalue weighted by atomic mass is 9.82. The van der Waals surface area contributed by atoms with Crippen LogP contribution in [0.1, 0.15) is 18.5 Å². The largest absolute Gasteiger partial charge is 0.381 e. The third kappa shape index (κ3) is 3.51. The van der Waals surface area contributed by atoms with Gasteiger partial charge in [0, 0.05) is 37.9 Å². The molecule has 1 fully saturated rings. The van der Waals surface area contributed by atoms with E-state index in [2.05, 4.69) is 23.0 Å². The third-order valence-electron chi connectivity index (χ3n) is 3.60. The van der Waals surface area contributed by atoms with Crippen LogP contribution in [0.25, 0.3) is 0 Å². The molecule has 4 nitrogen and oxygen atoms in total. The second-order valence-electron chi connectivity index (χ2n) is 5.35. The molecule has 1 atom stereocenters. The van der Waals surface area contributed by atoms with Crippen molar-refractivity contribution in [3.63, 3.8) is 0 Å². The first-order chi connectivity index (χ1) is 8.74. The van der Waals surface area contributed by atoms with Crippen molar-refractivity contribution in [3.8, 4) is 0 Å². The molecular weight excluding hydrogens is 226 g/mol. The number of nitrogens with two attached hydrogens (primary N) is 1. The van der Waals surface area contributed by atoms with E-state index in [-0.39, 0.29) is 5.41 Å². The van der Waals surface area contributed by atoms with E-state index < -0.39 is 0 Å². The van der Waals surface area contributed by atoms with Crippen LogP contribution >= 0.6 is 0 Å². The lowest BCUT2D eigenvalue weighted by Gasteiger charge is -2.38. The Bertz CT molecular complexity index is 349. The van der Waals surface area contributed by atoms with Crippen LogP contribution in [0.3, 0.4) is 0 Å². The van der Waals surface area contributed by atoms with Gasteiger partial charge in [-0.1, -0.05) is 6.07 Å². The standard InChI is InChI=1S/C14H23N3O/c1-17(9-13-5-2-3-7-16-13)11-14(10-15)6-4-8-18-12-14/h2-3,5,7H,4,6,8-12,15H2,1H3. The van der Waals surface area contributed by atoms with Crippen molar-refractivity contribution in [2.75, 3.05) is 33.4 Å². The zero-order valence-corrected chi connectivity index (χ0v) is 11.1. The van der Waals surface area contributed by atoms with Gasteiger partial charge in [-0.15, -0.1) is 0 Å². The minimum atomic E-state index is 0.127. The van der Waals surface area contributed by atoms with Crippen molar-refractivity contribution in [1.82, 2.24) is 9.88 Å². The molecule has 2 rings (SSSR count). The Labute approximate surface area is 109 Å². The van der Waals surface area contributed by atoms with E-state index in [1.54, 1.807) is 0 Å². The van der Waals surface area contributed by atoms with E-state index in [4.69, 9.17) is 10.5 Å². The summed E-state index contributed by atoms with van der Waals surface area (Å²) in [6.45, 7) is 4.20. The fourth-order valence-electron chi connectivity index (χ4n) is 2.66. The Kier molecular flexibility index (Phi) is 4.69. The van der Waals surface area contributed by atoms with Gasteiger partial charge in [0.1, 0.15) is 0 Å². The second kappa shape index (κ2) is 6.27. The maximum Gasteiger partial charge on any atom is 0.0546 e. The summed E-state index contributed by atoms with van der Waals surface area (Å²) in [4.78, 5) is 6.65. The molecule has 2 N–H and O–H groups in total. The van der Waals surface area contributed by atoms with Gasteiger partial charge in [-0.25, -0.2) is 0 Å². The van der Waals surface area contributed by atoms with Gasteiger partial charge in [-0.05, 0) is 32.0 Å². The first kappa shape index (κ1) is 13.5. The van der Waals surface area contributed by atoms with Gasteiger partial charge < -0.3 is 10.5 Å². The van der Waals surface area contributed by atoms with Crippen molar-refractivity contribution < 1.29 is 4.74 Å². The normalized spacial score (nSPS) is 24.4. The molecule has 1 saturated heterocycles. The minimum Gasteiger partial charge on any atom is -0.381 e. The van der Waals surface area contributed by atoms with E-state index in [1.165, 1.54) is 0 Å². The molecule has 0 spiro atoms. The van der Waals surface area contributed by atoms with Crippen LogP contribution in [-0.2, 0) is 11.3 Å². The van der Waals surface area contributed by atoms with Crippen LogP contribution in [-0.4, -0.2) is 43.2 Å². The lowest BCUT2D eigenvalue weighted by molar-refractivity contribution is -0.0194. The molecule has 0 amide bonds. The van der Waals surface area contributed by atoms with Crippen LogP contribution in [0.2, 0.25) is 0 Å². The number of hydrogen-bond acceptors (Lipinski definition) is 4. The van der Waals surface area contributed by atoms with Gasteiger partial charge in [0.2, 0.25) is 0 Å². The summed E-state index contributed by atoms with van der Waals surface area (Å²) in [7, 11) is 2.13. The molecule has 0 aromatic carbocycles. The minimum absolute atomic E-state index is 0.127. The Morgan fingerprint density at radius 3 is 3.00 bits per heavy atom. The van der Waals surface area contributed by atoms with Crippen molar-refractivity contribution in [2.24, 2.45) is 11.1 Å². The molecule has 0 radical (unpaired) electrons. The molecule has 0 bridgehead atoms. The molecule has 0 aliphatic carbocycles. The molecule has 1 aromatic rings. The van der Waals surface area contributed by atoms with Crippen LogP contribution < -0.4 is 5.73 Å². The topological polar surface area (TPSA) is 51.4 Å². The van der Waals surface area contributed by atoms with E-state index >= 15 is 0 Å². The highest BCUT2D eigenvalue weighted by molar-refractivity contribution is 5.03. The average molecular weight is 249 g/mol. The maximum absolute atomic E-state index is 5.96. The van der Waals surface area contributed by atoms with Gasteiger partial charge in [-0.2, -0.15) is 0 Å². The van der Waals surface area contributed by atoms with Crippen LogP contribution in [0.5, 0.6) is 0 Å². The van der Waals surface area contributed by atoms with Gasteiger partial charge in [0.25, 0.3) is 0 Å². The average Bonchev–Trinajstić information content (AvgIpc) is 2.41. The molecule has 100 valence electrons. The summed E-state index contributed by atoms with van der Waals surface area (Å²) in [6, 6.07) is 6.03. The smallest absolute Gasteiger partial charge is 0.0546 e. The summed E-state index contributed by atoms with van der Waals surface area (Å²) in [6.07, 6.45) is 4.12. The fourth-order valence-corrected chi connectivity index (χ4v) is 2.66. The Balaban J connectivity index is 1.91. The highest BCUT2D eigenvalue weighted by Crippen LogP contribution is 2.28. The number of nitrogens with zero attached hydrogens (tertiary/aromatic N) is 2. The quantitative estimate of drug-likeness (QED) is 0.854. The SMILES string of the molecule is CN(Cc1ccccn1)CC1(CN)CCCOC1. The van der Waals surface area contributed by atoms with E-state index in [9.17, 15) is 0 Å². The number of pyridine rings is 1. The molecule has 0 saturated carbocycles. The predicted molar refractivity (Wildman–Crippen MR) is 72.1 cm³/mol. The predicted octanol–water partition coefficient (Wildman–Crippen LogP) is 1.27. The highest BCUT2D eigenvalue weighted by atomic mass is 16.5. The molecule has 18 heavy (non-hydrogen) atoms. The molecule has 1 unspecified atom stereocenters. The van der Waals surface area contributed by atoms with Gasteiger partial charge in [0.15, 0.2) is 0 Å². The van der Waals surface area contributed by atoms with E-state index in [1.807, 2.05) is 18.3 Å². The van der Waals surface area contributed by atoms with Crippen molar-refractivity contribution in [3.05, 3.63) is 30.1 Å². The summed E-state index contributed by atoms with van der Waals surface area (Å²) in [5.74, 6) is 0. The number of ether oxygens (including phenoxy) is 1. The fraction of sp³-hybridized carbons (Fsp3) is 0.643. The Morgan fingerprint density at radius 2 is 2.39 bits per heavy atom. The van der Waals surface area contributed by atoms with Gasteiger partial charge in [0.05, 0.1) is 12.3 Å². The van der Waals surface area contributed by atoms with Crippen LogP contribution in [0.15, 0.2) is 24.4 Å². The summed E-state index contributed by atoms with van der Waals surface area (Å²) < 4.78 is 5.61. The maximum atomic E-state index is 5.96.